The van der Waals surface area contributed by atoms with Crippen LogP contribution in [0.3, 0.4) is 0 Å². The summed E-state index contributed by atoms with van der Waals surface area (Å²) in [6.45, 7) is 1.92. The van der Waals surface area contributed by atoms with Crippen molar-refractivity contribution in [3.05, 3.63) is 35.8 Å². The number of imidazole rings is 1. The largest absolute Gasteiger partial charge is 0.510 e. The molecule has 3 N–H and O–H groups in total. The Morgan fingerprint density at radius 2 is 2.14 bits per heavy atom. The van der Waals surface area contributed by atoms with Crippen molar-refractivity contribution in [3.8, 4) is 0 Å². The topological polar surface area (TPSA) is 79.2 Å². The molecule has 21 heavy (non-hydrogen) atoms. The number of hydrogen-bond acceptors (Lipinski definition) is 4. The molecule has 6 heteroatoms. The molecule has 0 aliphatic carbocycles. The third-order valence-corrected chi connectivity index (χ3v) is 3.63. The van der Waals surface area contributed by atoms with E-state index in [0.29, 0.717) is 30.3 Å². The molecule has 0 bridgehead atoms. The Hall–Kier alpha value is -2.34. The third-order valence-electron chi connectivity index (χ3n) is 3.63. The van der Waals surface area contributed by atoms with E-state index in [4.69, 9.17) is 5.41 Å². The highest BCUT2D eigenvalue weighted by Crippen LogP contribution is 2.26. The number of likely N-dealkylation sites (N-methyl/N-ethyl adjacent to an activating group) is 1. The lowest BCUT2D eigenvalue weighted by atomic mass is 10.2. The summed E-state index contributed by atoms with van der Waals surface area (Å²) in [5, 5.41) is 18.5. The van der Waals surface area contributed by atoms with Crippen molar-refractivity contribution in [3.63, 3.8) is 0 Å². The van der Waals surface area contributed by atoms with Crippen LogP contribution >= 0.6 is 0 Å². The minimum atomic E-state index is 0.206. The molecule has 0 saturated heterocycles. The van der Waals surface area contributed by atoms with Gasteiger partial charge in [-0.15, -0.1) is 0 Å². The third kappa shape index (κ3) is 2.50. The molecule has 1 aromatic heterocycles. The summed E-state index contributed by atoms with van der Waals surface area (Å²) in [5.74, 6) is 1.09. The van der Waals surface area contributed by atoms with Gasteiger partial charge in [0.25, 0.3) is 0 Å². The number of amidine groups is 1. The van der Waals surface area contributed by atoms with Crippen LogP contribution in [0.15, 0.2) is 30.0 Å². The number of H-pyrrole nitrogens is 1. The minimum Gasteiger partial charge on any atom is -0.510 e. The van der Waals surface area contributed by atoms with Gasteiger partial charge in [0.15, 0.2) is 0 Å². The molecule has 0 radical (unpaired) electrons. The number of para-hydroxylation sites is 2. The average molecular weight is 285 g/mol. The van der Waals surface area contributed by atoms with Gasteiger partial charge in [-0.05, 0) is 26.2 Å². The number of aliphatic hydroxyl groups excluding tert-OH is 1. The first kappa shape index (κ1) is 13.6. The predicted octanol–water partition coefficient (Wildman–Crippen LogP) is 1.69. The molecule has 0 unspecified atom stereocenters. The zero-order valence-electron chi connectivity index (χ0n) is 12.2. The van der Waals surface area contributed by atoms with Crippen molar-refractivity contribution in [2.24, 2.45) is 0 Å². The fourth-order valence-corrected chi connectivity index (χ4v) is 2.47. The zero-order chi connectivity index (χ0) is 15.0. The van der Waals surface area contributed by atoms with Crippen molar-refractivity contribution in [2.45, 2.75) is 0 Å². The monoisotopic (exact) mass is 285 g/mol. The summed E-state index contributed by atoms with van der Waals surface area (Å²) in [6.07, 6.45) is 0. The molecule has 0 amide bonds. The van der Waals surface area contributed by atoms with E-state index in [0.717, 1.165) is 17.6 Å². The maximum atomic E-state index is 10.2. The first-order valence-corrected chi connectivity index (χ1v) is 6.92. The van der Waals surface area contributed by atoms with Crippen LogP contribution in [0.2, 0.25) is 0 Å². The van der Waals surface area contributed by atoms with E-state index in [-0.39, 0.29) is 5.76 Å². The lowest BCUT2D eigenvalue weighted by Gasteiger charge is -2.20. The standard InChI is InChI=1S/C15H19N5O/c1-19(2)7-8-20-9-12(21)13(14(20)16)15-17-10-5-3-4-6-11(10)18-15/h3-6,16,21H,7-9H2,1-2H3,(H,17,18). The molecule has 110 valence electrons. The molecule has 1 aliphatic heterocycles. The number of hydrogen-bond donors (Lipinski definition) is 3. The fraction of sp³-hybridized carbons (Fsp3) is 0.333. The van der Waals surface area contributed by atoms with E-state index >= 15 is 0 Å². The second-order valence-corrected chi connectivity index (χ2v) is 5.50. The maximum absolute atomic E-state index is 10.2. The number of benzene rings is 1. The van der Waals surface area contributed by atoms with Gasteiger partial charge in [-0.2, -0.15) is 0 Å². The van der Waals surface area contributed by atoms with Gasteiger partial charge < -0.3 is 19.9 Å². The molecule has 1 aliphatic rings. The lowest BCUT2D eigenvalue weighted by molar-refractivity contribution is 0.313. The Labute approximate surface area is 123 Å². The molecule has 0 saturated carbocycles. The van der Waals surface area contributed by atoms with Gasteiger partial charge in [0, 0.05) is 13.1 Å². The van der Waals surface area contributed by atoms with Crippen LogP contribution in [0.4, 0.5) is 0 Å². The molecular formula is C15H19N5O. The number of rotatable bonds is 4. The summed E-state index contributed by atoms with van der Waals surface area (Å²) < 4.78 is 0. The molecule has 0 atom stereocenters. The van der Waals surface area contributed by atoms with E-state index < -0.39 is 0 Å². The van der Waals surface area contributed by atoms with E-state index in [2.05, 4.69) is 14.9 Å². The average Bonchev–Trinajstić information content (AvgIpc) is 2.97. The molecule has 2 aromatic rings. The van der Waals surface area contributed by atoms with Gasteiger partial charge >= 0.3 is 0 Å². The predicted molar refractivity (Wildman–Crippen MR) is 83.5 cm³/mol. The second kappa shape index (κ2) is 5.21. The Balaban J connectivity index is 1.87. The van der Waals surface area contributed by atoms with Gasteiger partial charge in [-0.1, -0.05) is 12.1 Å². The van der Waals surface area contributed by atoms with E-state index in [1.165, 1.54) is 0 Å². The SMILES string of the molecule is CN(C)CCN1CC(O)=C(c2nc3ccccc3[nH]2)C1=N. The quantitative estimate of drug-likeness (QED) is 0.798. The molecule has 1 aromatic carbocycles. The van der Waals surface area contributed by atoms with Crippen molar-refractivity contribution in [1.29, 1.82) is 5.41 Å². The Kier molecular flexibility index (Phi) is 3.39. The fourth-order valence-electron chi connectivity index (χ4n) is 2.47. The van der Waals surface area contributed by atoms with Gasteiger partial charge in [-0.3, -0.25) is 5.41 Å². The van der Waals surface area contributed by atoms with Crippen LogP contribution < -0.4 is 0 Å². The van der Waals surface area contributed by atoms with Crippen molar-refractivity contribution in [1.82, 2.24) is 19.8 Å². The minimum absolute atomic E-state index is 0.206. The molecule has 0 spiro atoms. The first-order valence-electron chi connectivity index (χ1n) is 6.92. The lowest BCUT2D eigenvalue weighted by Crippen LogP contribution is -2.33. The van der Waals surface area contributed by atoms with E-state index in [9.17, 15) is 5.11 Å². The summed E-state index contributed by atoms with van der Waals surface area (Å²) in [7, 11) is 3.99. The van der Waals surface area contributed by atoms with E-state index in [1.807, 2.05) is 43.3 Å². The molecule has 2 heterocycles. The number of nitrogens with zero attached hydrogens (tertiary/aromatic N) is 3. The van der Waals surface area contributed by atoms with Crippen molar-refractivity contribution in [2.75, 3.05) is 33.7 Å². The normalized spacial score (nSPS) is 15.8. The van der Waals surface area contributed by atoms with Gasteiger partial charge in [0.2, 0.25) is 0 Å². The highest BCUT2D eigenvalue weighted by Gasteiger charge is 2.29. The van der Waals surface area contributed by atoms with Crippen LogP contribution in [-0.4, -0.2) is 64.4 Å². The molecule has 6 nitrogen and oxygen atoms in total. The zero-order valence-corrected chi connectivity index (χ0v) is 12.2. The Morgan fingerprint density at radius 3 is 2.86 bits per heavy atom. The maximum Gasteiger partial charge on any atom is 0.145 e. The molecule has 0 fully saturated rings. The highest BCUT2D eigenvalue weighted by molar-refractivity contribution is 6.23. The first-order chi connectivity index (χ1) is 10.1. The molecular weight excluding hydrogens is 266 g/mol. The summed E-state index contributed by atoms with van der Waals surface area (Å²) in [6, 6.07) is 7.70. The van der Waals surface area contributed by atoms with Crippen LogP contribution in [0.5, 0.6) is 0 Å². The summed E-state index contributed by atoms with van der Waals surface area (Å²) in [5.41, 5.74) is 2.25. The summed E-state index contributed by atoms with van der Waals surface area (Å²) >= 11 is 0. The van der Waals surface area contributed by atoms with E-state index in [1.54, 1.807) is 0 Å². The summed E-state index contributed by atoms with van der Waals surface area (Å²) in [4.78, 5) is 11.6. The smallest absolute Gasteiger partial charge is 0.145 e. The second-order valence-electron chi connectivity index (χ2n) is 5.50. The van der Waals surface area contributed by atoms with Crippen molar-refractivity contribution >= 4 is 22.4 Å². The van der Waals surface area contributed by atoms with Crippen LogP contribution in [0.25, 0.3) is 16.6 Å². The number of aromatic nitrogens is 2. The molecule has 3 rings (SSSR count). The highest BCUT2D eigenvalue weighted by atomic mass is 16.3. The number of aromatic amines is 1. The number of fused-ring (bicyclic) bond motifs is 1. The Morgan fingerprint density at radius 1 is 1.38 bits per heavy atom. The Bertz CT molecular complexity index is 683. The van der Waals surface area contributed by atoms with Crippen molar-refractivity contribution < 1.29 is 5.11 Å². The van der Waals surface area contributed by atoms with Crippen LogP contribution in [0, 0.1) is 5.41 Å². The van der Waals surface area contributed by atoms with Gasteiger partial charge in [0.1, 0.15) is 17.4 Å². The van der Waals surface area contributed by atoms with Gasteiger partial charge in [0.05, 0.1) is 23.2 Å². The van der Waals surface area contributed by atoms with Crippen LogP contribution in [0.1, 0.15) is 5.82 Å². The van der Waals surface area contributed by atoms with Crippen LogP contribution in [-0.2, 0) is 0 Å². The van der Waals surface area contributed by atoms with Gasteiger partial charge in [-0.25, -0.2) is 4.98 Å². The number of aliphatic hydroxyl groups is 1. The number of nitrogens with one attached hydrogen (secondary N) is 2.